The summed E-state index contributed by atoms with van der Waals surface area (Å²) in [5.74, 6) is 3.97. The van der Waals surface area contributed by atoms with Crippen LogP contribution in [0, 0.1) is 34.5 Å². The summed E-state index contributed by atoms with van der Waals surface area (Å²) in [6.07, 6.45) is 18.8. The quantitative estimate of drug-likeness (QED) is 0.511. The zero-order chi connectivity index (χ0) is 17.7. The molecule has 4 aliphatic carbocycles. The fourth-order valence-electron chi connectivity index (χ4n) is 8.26. The molecular weight excluding hydrogens is 304 g/mol. The Balaban J connectivity index is 1.62. The van der Waals surface area contributed by atoms with Crippen molar-refractivity contribution in [1.29, 1.82) is 0 Å². The molecule has 0 spiro atoms. The van der Waals surface area contributed by atoms with E-state index in [1.54, 1.807) is 5.57 Å². The Morgan fingerprint density at radius 1 is 1.08 bits per heavy atom. The summed E-state index contributed by atoms with van der Waals surface area (Å²) < 4.78 is 5.72. The van der Waals surface area contributed by atoms with Crippen LogP contribution in [0.5, 0.6) is 0 Å². The summed E-state index contributed by atoms with van der Waals surface area (Å²) in [7, 11) is 1.90. The Morgan fingerprint density at radius 3 is 2.64 bits per heavy atom. The van der Waals surface area contributed by atoms with E-state index in [1.807, 2.05) is 7.11 Å². The van der Waals surface area contributed by atoms with Gasteiger partial charge in [-0.1, -0.05) is 45.3 Å². The fraction of sp³-hybridized carbons (Fsp3) is 0.917. The average Bonchev–Trinajstić information content (AvgIpc) is 3.00. The van der Waals surface area contributed by atoms with Gasteiger partial charge in [-0.2, -0.15) is 0 Å². The molecule has 1 nitrogen and oxygen atoms in total. The van der Waals surface area contributed by atoms with E-state index in [1.165, 1.54) is 70.6 Å². The van der Waals surface area contributed by atoms with E-state index in [0.29, 0.717) is 16.9 Å². The highest BCUT2D eigenvalue weighted by Crippen LogP contribution is 2.67. The minimum Gasteiger partial charge on any atom is -0.381 e. The first-order valence-electron chi connectivity index (χ1n) is 11.3. The highest BCUT2D eigenvalue weighted by atomic mass is 16.5. The monoisotopic (exact) mass is 344 g/mol. The number of ether oxygens (including phenoxy) is 1. The third kappa shape index (κ3) is 2.59. The lowest BCUT2D eigenvalue weighted by Crippen LogP contribution is -2.51. The Hall–Kier alpha value is -0.300. The van der Waals surface area contributed by atoms with Gasteiger partial charge in [0.25, 0.3) is 0 Å². The number of hydrogen-bond donors (Lipinski definition) is 0. The van der Waals surface area contributed by atoms with E-state index in [0.717, 1.165) is 23.7 Å². The molecule has 7 atom stereocenters. The Labute approximate surface area is 156 Å². The number of rotatable bonds is 4. The fourth-order valence-corrected chi connectivity index (χ4v) is 8.26. The Morgan fingerprint density at radius 2 is 1.92 bits per heavy atom. The van der Waals surface area contributed by atoms with Gasteiger partial charge in [0, 0.05) is 7.11 Å². The zero-order valence-corrected chi connectivity index (χ0v) is 17.2. The van der Waals surface area contributed by atoms with Crippen molar-refractivity contribution in [2.75, 3.05) is 7.11 Å². The molecule has 4 aliphatic rings. The van der Waals surface area contributed by atoms with Gasteiger partial charge in [0.2, 0.25) is 0 Å². The van der Waals surface area contributed by atoms with Crippen molar-refractivity contribution in [3.05, 3.63) is 11.6 Å². The molecule has 0 amide bonds. The summed E-state index contributed by atoms with van der Waals surface area (Å²) in [6, 6.07) is 0. The highest BCUT2D eigenvalue weighted by molar-refractivity contribution is 5.25. The van der Waals surface area contributed by atoms with Gasteiger partial charge in [0.15, 0.2) is 0 Å². The number of methoxy groups -OCH3 is 1. The van der Waals surface area contributed by atoms with Crippen LogP contribution >= 0.6 is 0 Å². The molecule has 0 radical (unpaired) electrons. The molecule has 0 aromatic rings. The Kier molecular flexibility index (Phi) is 4.84. The summed E-state index contributed by atoms with van der Waals surface area (Å²) in [5, 5.41) is 0. The molecule has 0 aromatic heterocycles. The van der Waals surface area contributed by atoms with Crippen LogP contribution in [0.15, 0.2) is 11.6 Å². The van der Waals surface area contributed by atoms with Crippen molar-refractivity contribution in [1.82, 2.24) is 0 Å². The molecule has 0 heterocycles. The molecular formula is C24H40O. The second kappa shape index (κ2) is 6.70. The van der Waals surface area contributed by atoms with Crippen molar-refractivity contribution in [3.63, 3.8) is 0 Å². The van der Waals surface area contributed by atoms with E-state index in [9.17, 15) is 0 Å². The number of hydrogen-bond acceptors (Lipinski definition) is 1. The zero-order valence-electron chi connectivity index (χ0n) is 17.2. The predicted octanol–water partition coefficient (Wildman–Crippen LogP) is 6.77. The third-order valence-corrected chi connectivity index (χ3v) is 9.58. The van der Waals surface area contributed by atoms with Crippen LogP contribution in [0.2, 0.25) is 0 Å². The SMILES string of the molecule is CCCC1CCC2C3CC=C4CC(OC)CCC4(C)C3CCC12CC. The summed E-state index contributed by atoms with van der Waals surface area (Å²) >= 11 is 0. The van der Waals surface area contributed by atoms with Gasteiger partial charge in [0.1, 0.15) is 0 Å². The molecule has 0 saturated heterocycles. The molecule has 25 heavy (non-hydrogen) atoms. The topological polar surface area (TPSA) is 9.23 Å². The van der Waals surface area contributed by atoms with E-state index in [-0.39, 0.29) is 0 Å². The second-order valence-electron chi connectivity index (χ2n) is 10.0. The van der Waals surface area contributed by atoms with Crippen molar-refractivity contribution in [2.45, 2.75) is 97.5 Å². The average molecular weight is 345 g/mol. The van der Waals surface area contributed by atoms with Crippen molar-refractivity contribution < 1.29 is 4.74 Å². The smallest absolute Gasteiger partial charge is 0.0608 e. The summed E-state index contributed by atoms with van der Waals surface area (Å²) in [4.78, 5) is 0. The molecule has 0 N–H and O–H groups in total. The van der Waals surface area contributed by atoms with Crippen molar-refractivity contribution >= 4 is 0 Å². The molecule has 0 aliphatic heterocycles. The Bertz CT molecular complexity index is 522. The maximum atomic E-state index is 5.72. The lowest BCUT2D eigenvalue weighted by atomic mass is 9.46. The first-order chi connectivity index (χ1) is 12.1. The lowest BCUT2D eigenvalue weighted by Gasteiger charge is -2.59. The predicted molar refractivity (Wildman–Crippen MR) is 106 cm³/mol. The first-order valence-corrected chi connectivity index (χ1v) is 11.3. The standard InChI is InChI=1S/C24H40O/c1-5-7-17-9-11-22-20-10-8-18-16-19(25-4)12-14-23(18,3)21(20)13-15-24(17,22)6-2/h8,17,19-22H,5-7,9-16H2,1-4H3. The van der Waals surface area contributed by atoms with Crippen LogP contribution in [0.25, 0.3) is 0 Å². The molecule has 142 valence electrons. The van der Waals surface area contributed by atoms with E-state index < -0.39 is 0 Å². The third-order valence-electron chi connectivity index (χ3n) is 9.58. The van der Waals surface area contributed by atoms with Crippen LogP contribution in [0.1, 0.15) is 91.4 Å². The van der Waals surface area contributed by atoms with Gasteiger partial charge in [-0.25, -0.2) is 0 Å². The van der Waals surface area contributed by atoms with Gasteiger partial charge in [-0.15, -0.1) is 0 Å². The highest BCUT2D eigenvalue weighted by Gasteiger charge is 2.59. The van der Waals surface area contributed by atoms with Crippen LogP contribution in [-0.2, 0) is 4.74 Å². The molecule has 0 bridgehead atoms. The maximum Gasteiger partial charge on any atom is 0.0608 e. The molecule has 1 heteroatoms. The number of allylic oxidation sites excluding steroid dienone is 1. The minimum atomic E-state index is 0.481. The molecule has 3 fully saturated rings. The van der Waals surface area contributed by atoms with E-state index in [2.05, 4.69) is 26.8 Å². The summed E-state index contributed by atoms with van der Waals surface area (Å²) in [5.41, 5.74) is 2.95. The van der Waals surface area contributed by atoms with Gasteiger partial charge in [-0.05, 0) is 92.3 Å². The summed E-state index contributed by atoms with van der Waals surface area (Å²) in [6.45, 7) is 7.53. The largest absolute Gasteiger partial charge is 0.381 e. The van der Waals surface area contributed by atoms with E-state index >= 15 is 0 Å². The molecule has 0 aromatic carbocycles. The number of fused-ring (bicyclic) bond motifs is 5. The van der Waals surface area contributed by atoms with Gasteiger partial charge >= 0.3 is 0 Å². The molecule has 4 rings (SSSR count). The normalized spacial score (nSPS) is 49.1. The first kappa shape index (κ1) is 18.1. The second-order valence-corrected chi connectivity index (χ2v) is 10.0. The van der Waals surface area contributed by atoms with Crippen LogP contribution in [0.3, 0.4) is 0 Å². The van der Waals surface area contributed by atoms with Gasteiger partial charge in [-0.3, -0.25) is 0 Å². The van der Waals surface area contributed by atoms with Gasteiger partial charge in [0.05, 0.1) is 6.10 Å². The van der Waals surface area contributed by atoms with Crippen LogP contribution in [-0.4, -0.2) is 13.2 Å². The maximum absolute atomic E-state index is 5.72. The van der Waals surface area contributed by atoms with Crippen molar-refractivity contribution in [2.24, 2.45) is 34.5 Å². The minimum absolute atomic E-state index is 0.481. The van der Waals surface area contributed by atoms with Crippen LogP contribution < -0.4 is 0 Å². The molecule has 3 saturated carbocycles. The van der Waals surface area contributed by atoms with E-state index in [4.69, 9.17) is 4.74 Å². The van der Waals surface area contributed by atoms with Gasteiger partial charge < -0.3 is 4.74 Å². The molecule has 7 unspecified atom stereocenters. The van der Waals surface area contributed by atoms with Crippen LogP contribution in [0.4, 0.5) is 0 Å². The van der Waals surface area contributed by atoms with Crippen molar-refractivity contribution in [3.8, 4) is 0 Å². The lowest BCUT2D eigenvalue weighted by molar-refractivity contribution is -0.0637.